The quantitative estimate of drug-likeness (QED) is 0.839. The van der Waals surface area contributed by atoms with Crippen LogP contribution in [-0.2, 0) is 6.42 Å². The summed E-state index contributed by atoms with van der Waals surface area (Å²) < 4.78 is 0. The third-order valence-electron chi connectivity index (χ3n) is 6.26. The Bertz CT molecular complexity index is 915. The minimum Gasteiger partial charge on any atom is -0.337 e. The molecule has 0 aromatic carbocycles. The lowest BCUT2D eigenvalue weighted by Crippen LogP contribution is -2.50. The summed E-state index contributed by atoms with van der Waals surface area (Å²) in [5.74, 6) is 3.05. The maximum absolute atomic E-state index is 13.3. The molecule has 2 aromatic heterocycles. The Labute approximate surface area is 171 Å². The third kappa shape index (κ3) is 3.32. The minimum atomic E-state index is 0.0111. The highest BCUT2D eigenvalue weighted by atomic mass is 16.2. The van der Waals surface area contributed by atoms with Crippen molar-refractivity contribution in [2.75, 3.05) is 18.0 Å². The Morgan fingerprint density at radius 2 is 1.97 bits per heavy atom. The second-order valence-electron chi connectivity index (χ2n) is 8.37. The van der Waals surface area contributed by atoms with Gasteiger partial charge in [-0.1, -0.05) is 26.2 Å². The molecule has 4 heterocycles. The van der Waals surface area contributed by atoms with Gasteiger partial charge in [0.2, 0.25) is 0 Å². The molecule has 5 rings (SSSR count). The van der Waals surface area contributed by atoms with Crippen molar-refractivity contribution in [2.45, 2.75) is 63.8 Å². The summed E-state index contributed by atoms with van der Waals surface area (Å²) in [6.07, 6.45) is 11.5. The van der Waals surface area contributed by atoms with Crippen LogP contribution in [0.3, 0.4) is 0 Å². The van der Waals surface area contributed by atoms with Crippen LogP contribution in [0.2, 0.25) is 0 Å². The van der Waals surface area contributed by atoms with Gasteiger partial charge in [-0.15, -0.1) is 0 Å². The Balaban J connectivity index is 1.48. The molecule has 0 bridgehead atoms. The number of anilines is 1. The van der Waals surface area contributed by atoms with Crippen LogP contribution in [0.1, 0.15) is 68.4 Å². The van der Waals surface area contributed by atoms with Crippen molar-refractivity contribution in [2.24, 2.45) is 4.99 Å². The van der Waals surface area contributed by atoms with Crippen LogP contribution in [0.4, 0.5) is 10.6 Å². The smallest absolute Gasteiger partial charge is 0.331 e. The maximum Gasteiger partial charge on any atom is 0.331 e. The summed E-state index contributed by atoms with van der Waals surface area (Å²) in [6, 6.07) is 4.11. The SMILES string of the molecule is CCCN1C(=O)N2C[C@@H](Cc3ccncc3)N=C2c2[nH]c(C3CCCCC3)nc21. The van der Waals surface area contributed by atoms with Crippen LogP contribution in [-0.4, -0.2) is 50.8 Å². The summed E-state index contributed by atoms with van der Waals surface area (Å²) in [6.45, 7) is 3.40. The van der Waals surface area contributed by atoms with Gasteiger partial charge in [-0.2, -0.15) is 0 Å². The van der Waals surface area contributed by atoms with Crippen LogP contribution >= 0.6 is 0 Å². The van der Waals surface area contributed by atoms with Gasteiger partial charge in [0.25, 0.3) is 0 Å². The molecule has 3 aliphatic rings. The van der Waals surface area contributed by atoms with E-state index in [1.165, 1.54) is 37.7 Å². The van der Waals surface area contributed by atoms with Crippen LogP contribution in [0.25, 0.3) is 0 Å². The minimum absolute atomic E-state index is 0.0111. The predicted octanol–water partition coefficient (Wildman–Crippen LogP) is 3.88. The van der Waals surface area contributed by atoms with E-state index < -0.39 is 0 Å². The first-order chi connectivity index (χ1) is 14.2. The van der Waals surface area contributed by atoms with Crippen molar-refractivity contribution in [3.05, 3.63) is 41.6 Å². The first-order valence-electron chi connectivity index (χ1n) is 10.9. The normalized spacial score (nSPS) is 21.9. The number of hydrogen-bond acceptors (Lipinski definition) is 4. The van der Waals surface area contributed by atoms with Crippen molar-refractivity contribution in [1.82, 2.24) is 19.9 Å². The van der Waals surface area contributed by atoms with Crippen LogP contribution in [0.5, 0.6) is 0 Å². The molecular weight excluding hydrogens is 364 g/mol. The monoisotopic (exact) mass is 392 g/mol. The Morgan fingerprint density at radius 3 is 2.72 bits per heavy atom. The molecule has 1 atom stereocenters. The van der Waals surface area contributed by atoms with Gasteiger partial charge < -0.3 is 4.98 Å². The average molecular weight is 393 g/mol. The molecule has 1 saturated carbocycles. The number of aliphatic imine (C=N–C) groups is 1. The number of aromatic amines is 1. The summed E-state index contributed by atoms with van der Waals surface area (Å²) in [4.78, 5) is 34.5. The zero-order valence-corrected chi connectivity index (χ0v) is 17.0. The Morgan fingerprint density at radius 1 is 1.17 bits per heavy atom. The molecule has 0 radical (unpaired) electrons. The number of amidine groups is 1. The maximum atomic E-state index is 13.3. The highest BCUT2D eigenvalue weighted by molar-refractivity contribution is 6.18. The first-order valence-corrected chi connectivity index (χ1v) is 10.9. The van der Waals surface area contributed by atoms with Gasteiger partial charge in [-0.25, -0.2) is 9.78 Å². The Kier molecular flexibility index (Phi) is 4.81. The number of hydrogen-bond donors (Lipinski definition) is 1. The number of carbonyl (C=O) groups is 1. The summed E-state index contributed by atoms with van der Waals surface area (Å²) in [5, 5.41) is 0. The molecule has 7 nitrogen and oxygen atoms in total. The summed E-state index contributed by atoms with van der Waals surface area (Å²) in [7, 11) is 0. The molecule has 2 aliphatic heterocycles. The van der Waals surface area contributed by atoms with Crippen molar-refractivity contribution >= 4 is 17.7 Å². The van der Waals surface area contributed by atoms with E-state index in [4.69, 9.17) is 9.98 Å². The number of nitrogens with one attached hydrogen (secondary N) is 1. The number of aromatic nitrogens is 3. The highest BCUT2D eigenvalue weighted by Gasteiger charge is 2.42. The zero-order valence-electron chi connectivity index (χ0n) is 17.0. The lowest BCUT2D eigenvalue weighted by Gasteiger charge is -2.32. The van der Waals surface area contributed by atoms with E-state index in [1.807, 2.05) is 34.3 Å². The molecule has 152 valence electrons. The van der Waals surface area contributed by atoms with Crippen LogP contribution in [0, 0.1) is 0 Å². The van der Waals surface area contributed by atoms with E-state index in [0.717, 1.165) is 36.0 Å². The molecule has 1 aliphatic carbocycles. The molecule has 2 aromatic rings. The lowest BCUT2D eigenvalue weighted by atomic mass is 9.89. The van der Waals surface area contributed by atoms with Crippen molar-refractivity contribution < 1.29 is 4.79 Å². The fourth-order valence-corrected chi connectivity index (χ4v) is 4.81. The van der Waals surface area contributed by atoms with E-state index in [9.17, 15) is 4.79 Å². The van der Waals surface area contributed by atoms with E-state index in [2.05, 4.69) is 16.9 Å². The largest absolute Gasteiger partial charge is 0.337 e. The summed E-state index contributed by atoms with van der Waals surface area (Å²) >= 11 is 0. The van der Waals surface area contributed by atoms with Gasteiger partial charge in [0, 0.05) is 24.9 Å². The number of nitrogens with zero attached hydrogens (tertiary/aromatic N) is 5. The third-order valence-corrected chi connectivity index (χ3v) is 6.26. The number of H-pyrrole nitrogens is 1. The zero-order chi connectivity index (χ0) is 19.8. The van der Waals surface area contributed by atoms with Crippen molar-refractivity contribution in [1.29, 1.82) is 0 Å². The van der Waals surface area contributed by atoms with Gasteiger partial charge in [0.05, 0.1) is 12.6 Å². The molecule has 0 spiro atoms. The van der Waals surface area contributed by atoms with Crippen molar-refractivity contribution in [3.8, 4) is 0 Å². The summed E-state index contributed by atoms with van der Waals surface area (Å²) in [5.41, 5.74) is 2.12. The molecule has 0 saturated heterocycles. The molecular formula is C22H28N6O. The Hall–Kier alpha value is -2.70. The molecule has 2 amide bonds. The number of rotatable bonds is 5. The fraction of sp³-hybridized carbons (Fsp3) is 0.545. The topological polar surface area (TPSA) is 77.5 Å². The molecule has 29 heavy (non-hydrogen) atoms. The van der Waals surface area contributed by atoms with Gasteiger partial charge in [-0.05, 0) is 43.4 Å². The van der Waals surface area contributed by atoms with E-state index in [1.54, 1.807) is 0 Å². The fourth-order valence-electron chi connectivity index (χ4n) is 4.81. The second kappa shape index (κ2) is 7.61. The number of amides is 2. The molecule has 1 N–H and O–H groups in total. The van der Waals surface area contributed by atoms with Gasteiger partial charge >= 0.3 is 6.03 Å². The van der Waals surface area contributed by atoms with Crippen LogP contribution in [0.15, 0.2) is 29.5 Å². The second-order valence-corrected chi connectivity index (χ2v) is 8.37. The molecule has 7 heteroatoms. The van der Waals surface area contributed by atoms with E-state index >= 15 is 0 Å². The predicted molar refractivity (Wildman–Crippen MR) is 112 cm³/mol. The molecule has 1 fully saturated rings. The number of imidazole rings is 1. The van der Waals surface area contributed by atoms with Crippen LogP contribution < -0.4 is 4.90 Å². The van der Waals surface area contributed by atoms with Crippen molar-refractivity contribution in [3.63, 3.8) is 0 Å². The molecule has 0 unspecified atom stereocenters. The van der Waals surface area contributed by atoms with Gasteiger partial charge in [0.1, 0.15) is 11.5 Å². The van der Waals surface area contributed by atoms with Gasteiger partial charge in [0.15, 0.2) is 11.7 Å². The van der Waals surface area contributed by atoms with E-state index in [0.29, 0.717) is 19.0 Å². The number of urea groups is 1. The average Bonchev–Trinajstić information content (AvgIpc) is 3.37. The highest BCUT2D eigenvalue weighted by Crippen LogP contribution is 2.36. The van der Waals surface area contributed by atoms with Gasteiger partial charge in [-0.3, -0.25) is 19.8 Å². The standard InChI is InChI=1S/C22H28N6O/c1-2-12-27-21-18(25-19(26-21)16-6-4-3-5-7-16)20-24-17(14-28(20)22(27)29)13-15-8-10-23-11-9-15/h8-11,16-17H,2-7,12-14H2,1H3,(H,25,26)/t17-/m1/s1. The van der Waals surface area contributed by atoms with E-state index in [-0.39, 0.29) is 12.1 Å². The lowest BCUT2D eigenvalue weighted by molar-refractivity contribution is 0.226. The number of fused-ring (bicyclic) bond motifs is 3. The first kappa shape index (κ1) is 18.3. The number of carbonyl (C=O) groups excluding carboxylic acids is 1. The number of pyridine rings is 1.